The molecule has 0 unspecified atom stereocenters. The van der Waals surface area contributed by atoms with E-state index < -0.39 is 0 Å². The summed E-state index contributed by atoms with van der Waals surface area (Å²) in [7, 11) is 0. The molecule has 1 fully saturated rings. The molecule has 0 spiro atoms. The van der Waals surface area contributed by atoms with Crippen LogP contribution in [-0.2, 0) is 0 Å². The third-order valence-corrected chi connectivity index (χ3v) is 4.28. The molecular weight excluding hydrogens is 298 g/mol. The Balaban J connectivity index is 1.93. The minimum Gasteiger partial charge on any atom is -0.370 e. The van der Waals surface area contributed by atoms with E-state index in [0.29, 0.717) is 17.9 Å². The molecule has 2 rings (SSSR count). The van der Waals surface area contributed by atoms with Gasteiger partial charge in [-0.15, -0.1) is 11.3 Å². The van der Waals surface area contributed by atoms with Gasteiger partial charge in [-0.25, -0.2) is 4.99 Å². The van der Waals surface area contributed by atoms with Crippen molar-refractivity contribution in [1.29, 1.82) is 0 Å². The summed E-state index contributed by atoms with van der Waals surface area (Å²) in [6.07, 6.45) is 1.11. The molecule has 1 aliphatic carbocycles. The molecule has 1 aromatic heterocycles. The van der Waals surface area contributed by atoms with E-state index >= 15 is 0 Å². The molecule has 0 aromatic carbocycles. The maximum absolute atomic E-state index is 5.88. The lowest BCUT2D eigenvalue weighted by atomic mass is 10.1. The van der Waals surface area contributed by atoms with Crippen molar-refractivity contribution in [3.05, 3.63) is 20.8 Å². The first kappa shape index (κ1) is 12.9. The number of nitrogens with one attached hydrogen (secondary N) is 1. The van der Waals surface area contributed by atoms with E-state index in [-0.39, 0.29) is 5.54 Å². The fourth-order valence-electron chi connectivity index (χ4n) is 1.75. The molecule has 2 atom stereocenters. The average Bonchev–Trinajstić information content (AvgIpc) is 2.75. The molecule has 1 saturated carbocycles. The van der Waals surface area contributed by atoms with Crippen LogP contribution in [-0.4, -0.2) is 17.5 Å². The minimum atomic E-state index is -0.0239. The van der Waals surface area contributed by atoms with Gasteiger partial charge in [-0.05, 0) is 55.3 Å². The van der Waals surface area contributed by atoms with E-state index in [0.717, 1.165) is 6.42 Å². The van der Waals surface area contributed by atoms with Crippen molar-refractivity contribution >= 4 is 33.2 Å². The van der Waals surface area contributed by atoms with Gasteiger partial charge < -0.3 is 11.1 Å². The van der Waals surface area contributed by atoms with Gasteiger partial charge in [-0.1, -0.05) is 0 Å². The van der Waals surface area contributed by atoms with Crippen molar-refractivity contribution in [2.45, 2.75) is 44.7 Å². The van der Waals surface area contributed by atoms with Crippen LogP contribution in [0.5, 0.6) is 0 Å². The largest absolute Gasteiger partial charge is 0.370 e. The second kappa shape index (κ2) is 4.61. The molecule has 1 heterocycles. The second-order valence-corrected chi connectivity index (χ2v) is 7.94. The maximum Gasteiger partial charge on any atom is 0.189 e. The highest BCUT2D eigenvalue weighted by Crippen LogP contribution is 2.46. The first-order chi connectivity index (χ1) is 7.85. The summed E-state index contributed by atoms with van der Waals surface area (Å²) in [4.78, 5) is 5.91. The second-order valence-electron chi connectivity index (χ2n) is 5.44. The Morgan fingerprint density at radius 3 is 2.76 bits per heavy atom. The van der Waals surface area contributed by atoms with E-state index in [1.54, 1.807) is 11.3 Å². The van der Waals surface area contributed by atoms with Crippen molar-refractivity contribution in [1.82, 2.24) is 5.32 Å². The smallest absolute Gasteiger partial charge is 0.189 e. The third-order valence-electron chi connectivity index (χ3n) is 2.52. The van der Waals surface area contributed by atoms with Crippen LogP contribution in [0, 0.1) is 0 Å². The molecule has 5 heteroatoms. The minimum absolute atomic E-state index is 0.0239. The van der Waals surface area contributed by atoms with E-state index in [9.17, 15) is 0 Å². The van der Waals surface area contributed by atoms with Gasteiger partial charge in [-0.3, -0.25) is 0 Å². The molecule has 0 amide bonds. The Morgan fingerprint density at radius 1 is 1.53 bits per heavy atom. The van der Waals surface area contributed by atoms with E-state index in [1.165, 1.54) is 8.66 Å². The molecule has 17 heavy (non-hydrogen) atoms. The van der Waals surface area contributed by atoms with Crippen molar-refractivity contribution in [3.8, 4) is 0 Å². The van der Waals surface area contributed by atoms with Gasteiger partial charge in [0.25, 0.3) is 0 Å². The standard InChI is InChI=1S/C12H18BrN3S/c1-12(2,3)16-11(14)15-8-6-7(8)9-4-5-10(13)17-9/h4-5,7-8H,6H2,1-3H3,(H3,14,15,16)/t7-,8-/m1/s1. The summed E-state index contributed by atoms with van der Waals surface area (Å²) in [5, 5.41) is 3.19. The lowest BCUT2D eigenvalue weighted by Gasteiger charge is -2.20. The van der Waals surface area contributed by atoms with Gasteiger partial charge in [0, 0.05) is 16.3 Å². The number of guanidine groups is 1. The molecule has 0 radical (unpaired) electrons. The van der Waals surface area contributed by atoms with Crippen LogP contribution in [0.4, 0.5) is 0 Å². The Bertz CT molecular complexity index is 433. The van der Waals surface area contributed by atoms with Crippen molar-refractivity contribution in [3.63, 3.8) is 0 Å². The molecule has 1 aliphatic rings. The van der Waals surface area contributed by atoms with Crippen LogP contribution in [0.15, 0.2) is 20.9 Å². The topological polar surface area (TPSA) is 50.4 Å². The lowest BCUT2D eigenvalue weighted by Crippen LogP contribution is -2.45. The number of hydrogen-bond donors (Lipinski definition) is 2. The van der Waals surface area contributed by atoms with Gasteiger partial charge in [-0.2, -0.15) is 0 Å². The zero-order chi connectivity index (χ0) is 12.6. The predicted molar refractivity (Wildman–Crippen MR) is 77.7 cm³/mol. The van der Waals surface area contributed by atoms with Gasteiger partial charge in [0.1, 0.15) is 0 Å². The summed E-state index contributed by atoms with van der Waals surface area (Å²) >= 11 is 5.27. The van der Waals surface area contributed by atoms with E-state index in [1.807, 2.05) is 0 Å². The summed E-state index contributed by atoms with van der Waals surface area (Å²) in [6.45, 7) is 6.24. The third kappa shape index (κ3) is 3.71. The Hall–Kier alpha value is -0.550. The van der Waals surface area contributed by atoms with Crippen molar-refractivity contribution in [2.75, 3.05) is 0 Å². The molecule has 0 saturated heterocycles. The monoisotopic (exact) mass is 315 g/mol. The number of thiophene rings is 1. The van der Waals surface area contributed by atoms with Crippen LogP contribution < -0.4 is 11.1 Å². The molecule has 94 valence electrons. The average molecular weight is 316 g/mol. The molecule has 3 N–H and O–H groups in total. The van der Waals surface area contributed by atoms with Crippen LogP contribution in [0.1, 0.15) is 38.0 Å². The quantitative estimate of drug-likeness (QED) is 0.651. The zero-order valence-electron chi connectivity index (χ0n) is 10.3. The Kier molecular flexibility index (Phi) is 3.50. The van der Waals surface area contributed by atoms with Crippen LogP contribution >= 0.6 is 27.3 Å². The summed E-state index contributed by atoms with van der Waals surface area (Å²) in [6, 6.07) is 4.62. The highest BCUT2D eigenvalue weighted by atomic mass is 79.9. The van der Waals surface area contributed by atoms with Gasteiger partial charge in [0.15, 0.2) is 5.96 Å². The van der Waals surface area contributed by atoms with Crippen molar-refractivity contribution in [2.24, 2.45) is 10.7 Å². The molecule has 0 bridgehead atoms. The van der Waals surface area contributed by atoms with Crippen LogP contribution in [0.3, 0.4) is 0 Å². The molecular formula is C12H18BrN3S. The first-order valence-corrected chi connectivity index (χ1v) is 7.33. The fourth-order valence-corrected chi connectivity index (χ4v) is 3.35. The van der Waals surface area contributed by atoms with E-state index in [4.69, 9.17) is 5.73 Å². The van der Waals surface area contributed by atoms with Crippen molar-refractivity contribution < 1.29 is 0 Å². The van der Waals surface area contributed by atoms with E-state index in [2.05, 4.69) is 59.1 Å². The normalized spacial score (nSPS) is 24.8. The SMILES string of the molecule is CC(C)(C)NC(N)=N[C@@H]1C[C@H]1c1ccc(Br)s1. The molecule has 1 aromatic rings. The number of aliphatic imine (C=N–C) groups is 1. The molecule has 3 nitrogen and oxygen atoms in total. The Morgan fingerprint density at radius 2 is 2.24 bits per heavy atom. The Labute approximate surface area is 115 Å². The number of hydrogen-bond acceptors (Lipinski definition) is 2. The number of nitrogens with zero attached hydrogens (tertiary/aromatic N) is 1. The number of nitrogens with two attached hydrogens (primary N) is 1. The number of rotatable bonds is 2. The van der Waals surface area contributed by atoms with Gasteiger partial charge in [0.2, 0.25) is 0 Å². The highest BCUT2D eigenvalue weighted by molar-refractivity contribution is 9.11. The van der Waals surface area contributed by atoms with Crippen LogP contribution in [0.25, 0.3) is 0 Å². The predicted octanol–water partition coefficient (Wildman–Crippen LogP) is 3.07. The first-order valence-electron chi connectivity index (χ1n) is 5.72. The van der Waals surface area contributed by atoms with Crippen LogP contribution in [0.2, 0.25) is 0 Å². The summed E-state index contributed by atoms with van der Waals surface area (Å²) in [5.41, 5.74) is 5.86. The molecule has 0 aliphatic heterocycles. The fraction of sp³-hybridized carbons (Fsp3) is 0.583. The number of halogens is 1. The lowest BCUT2D eigenvalue weighted by molar-refractivity contribution is 0.508. The highest BCUT2D eigenvalue weighted by Gasteiger charge is 2.39. The van der Waals surface area contributed by atoms with Gasteiger partial charge in [0.05, 0.1) is 9.83 Å². The van der Waals surface area contributed by atoms with Gasteiger partial charge >= 0.3 is 0 Å². The zero-order valence-corrected chi connectivity index (χ0v) is 12.7. The maximum atomic E-state index is 5.88. The summed E-state index contributed by atoms with van der Waals surface area (Å²) in [5.74, 6) is 1.12. The summed E-state index contributed by atoms with van der Waals surface area (Å²) < 4.78 is 1.18.